The smallest absolute Gasteiger partial charge is 0.305 e. The van der Waals surface area contributed by atoms with Crippen LogP contribution in [-0.4, -0.2) is 93.3 Å². The molecule has 0 aromatic heterocycles. The van der Waals surface area contributed by atoms with Crippen LogP contribution in [0.25, 0.3) is 0 Å². The molecule has 0 aromatic rings. The van der Waals surface area contributed by atoms with Crippen LogP contribution in [0.4, 0.5) is 0 Å². The Kier molecular flexibility index (Phi) is 37.9. The number of rotatable bonds is 33. The number of methoxy groups -OCH3 is 1. The summed E-state index contributed by atoms with van der Waals surface area (Å²) in [7, 11) is 1.38. The molecule has 0 amide bonds. The number of carbonyl (C=O) groups is 4. The largest absolute Gasteiger partial charge is 0.469 e. The van der Waals surface area contributed by atoms with Crippen molar-refractivity contribution in [2.75, 3.05) is 53.2 Å². The minimum absolute atomic E-state index is 0.0189. The first-order chi connectivity index (χ1) is 24.2. The van der Waals surface area contributed by atoms with Crippen molar-refractivity contribution in [3.63, 3.8) is 0 Å². The molecule has 0 aliphatic carbocycles. The summed E-state index contributed by atoms with van der Waals surface area (Å²) in [6.07, 6.45) is 15.6. The monoisotopic (exact) mass is 718 g/mol. The number of nitrogens with zero attached hydrogens (tertiary/aromatic N) is 1. The lowest BCUT2D eigenvalue weighted by molar-refractivity contribution is -0.155. The van der Waals surface area contributed by atoms with Gasteiger partial charge in [-0.1, -0.05) is 105 Å². The van der Waals surface area contributed by atoms with E-state index in [1.54, 1.807) is 0 Å². The van der Waals surface area contributed by atoms with E-state index in [9.17, 15) is 24.3 Å². The molecule has 0 heterocycles. The van der Waals surface area contributed by atoms with Crippen molar-refractivity contribution < 1.29 is 48.0 Å². The summed E-state index contributed by atoms with van der Waals surface area (Å²) in [6.45, 7) is 13.7. The zero-order valence-electron chi connectivity index (χ0n) is 32.8. The summed E-state index contributed by atoms with van der Waals surface area (Å²) in [5, 5.41) is 10.0. The molecule has 2 atom stereocenters. The second-order valence-electron chi connectivity index (χ2n) is 12.9. The van der Waals surface area contributed by atoms with E-state index in [1.807, 2.05) is 0 Å². The fourth-order valence-electron chi connectivity index (χ4n) is 4.93. The van der Waals surface area contributed by atoms with Gasteiger partial charge < -0.3 is 33.7 Å². The van der Waals surface area contributed by atoms with Gasteiger partial charge in [-0.3, -0.25) is 19.2 Å². The predicted molar refractivity (Wildman–Crippen MR) is 197 cm³/mol. The first-order valence-electron chi connectivity index (χ1n) is 19.7. The van der Waals surface area contributed by atoms with E-state index in [0.29, 0.717) is 25.9 Å². The maximum absolute atomic E-state index is 12.3. The Balaban J connectivity index is 0. The summed E-state index contributed by atoms with van der Waals surface area (Å²) < 4.78 is 26.3. The van der Waals surface area contributed by atoms with Crippen LogP contribution in [0.1, 0.15) is 163 Å². The molecule has 0 radical (unpaired) electrons. The normalized spacial score (nSPS) is 12.1. The van der Waals surface area contributed by atoms with E-state index in [-0.39, 0.29) is 63.4 Å². The minimum atomic E-state index is -1.03. The molecule has 0 rings (SSSR count). The maximum Gasteiger partial charge on any atom is 0.305 e. The number of carbonyl (C=O) groups excluding carboxylic acids is 4. The van der Waals surface area contributed by atoms with Crippen LogP contribution >= 0.6 is 0 Å². The highest BCUT2D eigenvalue weighted by Gasteiger charge is 2.19. The van der Waals surface area contributed by atoms with Gasteiger partial charge in [-0.2, -0.15) is 0 Å². The van der Waals surface area contributed by atoms with Gasteiger partial charge in [0, 0.05) is 32.3 Å². The molecule has 0 saturated heterocycles. The van der Waals surface area contributed by atoms with Gasteiger partial charge in [0.25, 0.3) is 0 Å². The Morgan fingerprint density at radius 1 is 0.540 bits per heavy atom. The Morgan fingerprint density at radius 2 is 0.980 bits per heavy atom. The third-order valence-electron chi connectivity index (χ3n) is 8.29. The number of unbranched alkanes of at least 4 members (excludes halogenated alkanes) is 11. The number of aliphatic hydroxyl groups is 1. The Bertz CT molecular complexity index is 804. The topological polar surface area (TPSA) is 138 Å². The van der Waals surface area contributed by atoms with Gasteiger partial charge in [-0.15, -0.1) is 0 Å². The highest BCUT2D eigenvalue weighted by molar-refractivity contribution is 5.70. The van der Waals surface area contributed by atoms with Crippen LogP contribution in [0.2, 0.25) is 0 Å². The van der Waals surface area contributed by atoms with E-state index in [1.165, 1.54) is 45.6 Å². The van der Waals surface area contributed by atoms with E-state index < -0.39 is 18.2 Å². The van der Waals surface area contributed by atoms with Crippen molar-refractivity contribution in [2.45, 2.75) is 169 Å². The summed E-state index contributed by atoms with van der Waals surface area (Å²) in [5.74, 6) is -1.93. The van der Waals surface area contributed by atoms with Crippen molar-refractivity contribution >= 4 is 23.9 Å². The molecule has 0 saturated carbocycles. The maximum atomic E-state index is 12.3. The lowest BCUT2D eigenvalue weighted by Gasteiger charge is -2.19. The van der Waals surface area contributed by atoms with Crippen LogP contribution < -0.4 is 0 Å². The molecule has 0 aliphatic heterocycles. The molecule has 0 spiro atoms. The fourth-order valence-corrected chi connectivity index (χ4v) is 4.93. The molecule has 296 valence electrons. The van der Waals surface area contributed by atoms with Gasteiger partial charge in [0.15, 0.2) is 6.29 Å². The number of hydrogen-bond donors (Lipinski definition) is 1. The van der Waals surface area contributed by atoms with E-state index in [2.05, 4.69) is 44.3 Å². The highest BCUT2D eigenvalue weighted by atomic mass is 16.6. The lowest BCUT2D eigenvalue weighted by Crippen LogP contribution is -2.27. The highest BCUT2D eigenvalue weighted by Crippen LogP contribution is 2.11. The first-order valence-corrected chi connectivity index (χ1v) is 19.7. The number of esters is 4. The van der Waals surface area contributed by atoms with Gasteiger partial charge in [-0.05, 0) is 45.3 Å². The quantitative estimate of drug-likeness (QED) is 0.0307. The second kappa shape index (κ2) is 38.0. The van der Waals surface area contributed by atoms with Gasteiger partial charge in [0.2, 0.25) is 0 Å². The summed E-state index contributed by atoms with van der Waals surface area (Å²) in [5.41, 5.74) is 0. The fraction of sp³-hybridized carbons (Fsp3) is 0.897. The Hall–Kier alpha value is -2.24. The molecular weight excluding hydrogens is 642 g/mol. The molecule has 2 unspecified atom stereocenters. The molecule has 1 N–H and O–H groups in total. The molecule has 50 heavy (non-hydrogen) atoms. The zero-order chi connectivity index (χ0) is 37.7. The first kappa shape index (κ1) is 49.9. The summed E-state index contributed by atoms with van der Waals surface area (Å²) >= 11 is 0. The average Bonchev–Trinajstić information content (AvgIpc) is 3.11. The minimum Gasteiger partial charge on any atom is -0.469 e. The molecule has 0 aliphatic rings. The molecule has 11 nitrogen and oxygen atoms in total. The molecule has 11 heteroatoms. The third-order valence-corrected chi connectivity index (χ3v) is 8.29. The number of ether oxygens (including phenoxy) is 5. The predicted octanol–water partition coefficient (Wildman–Crippen LogP) is 7.93. The summed E-state index contributed by atoms with van der Waals surface area (Å²) in [4.78, 5) is 50.3. The van der Waals surface area contributed by atoms with Gasteiger partial charge in [-0.25, -0.2) is 0 Å². The second-order valence-corrected chi connectivity index (χ2v) is 12.9. The van der Waals surface area contributed by atoms with E-state index in [0.717, 1.165) is 64.6 Å². The number of hydrogen-bond acceptors (Lipinski definition) is 11. The van der Waals surface area contributed by atoms with Gasteiger partial charge in [0.05, 0.1) is 19.4 Å². The van der Waals surface area contributed by atoms with Crippen molar-refractivity contribution in [2.24, 2.45) is 5.92 Å². The molecule has 0 bridgehead atoms. The standard InChI is InChI=1S/C34H63NO10.C5H12/c1-5-8-9-10-14-17-25-42-33(39)22-23-34(40)45-28-29(27-44-32(38)21-18-24-35(6-2)7-3)26-43-31(37)20-16-13-11-12-15-19-30(36)41-4;1-3-5-4-2/h29,33,39H,5-28H2,1-4H3;3-5H2,1-2H3. The average molecular weight is 718 g/mol. The Labute approximate surface area is 304 Å². The van der Waals surface area contributed by atoms with Crippen molar-refractivity contribution in [1.29, 1.82) is 0 Å². The van der Waals surface area contributed by atoms with Crippen LogP contribution in [-0.2, 0) is 42.9 Å². The third kappa shape index (κ3) is 35.6. The van der Waals surface area contributed by atoms with Crippen LogP contribution in [0.5, 0.6) is 0 Å². The summed E-state index contributed by atoms with van der Waals surface area (Å²) in [6, 6.07) is 0. The SMILES string of the molecule is CCCCC.CCCCCCCCOC(O)CCC(=O)OCC(COC(=O)CCCCCCCC(=O)OC)COC(=O)CCCN(CC)CC. The zero-order valence-corrected chi connectivity index (χ0v) is 32.8. The molecule has 0 aromatic carbocycles. The van der Waals surface area contributed by atoms with Crippen LogP contribution in [0.15, 0.2) is 0 Å². The van der Waals surface area contributed by atoms with Crippen LogP contribution in [0.3, 0.4) is 0 Å². The van der Waals surface area contributed by atoms with E-state index in [4.69, 9.17) is 18.9 Å². The van der Waals surface area contributed by atoms with Crippen molar-refractivity contribution in [3.05, 3.63) is 0 Å². The lowest BCUT2D eigenvalue weighted by atomic mass is 10.1. The number of aliphatic hydroxyl groups excluding tert-OH is 1. The molecular formula is C39H75NO10. The Morgan fingerprint density at radius 3 is 1.46 bits per heavy atom. The van der Waals surface area contributed by atoms with Gasteiger partial charge >= 0.3 is 23.9 Å². The van der Waals surface area contributed by atoms with Gasteiger partial charge in [0.1, 0.15) is 19.8 Å². The molecule has 0 fully saturated rings. The van der Waals surface area contributed by atoms with E-state index >= 15 is 0 Å². The van der Waals surface area contributed by atoms with Crippen molar-refractivity contribution in [3.8, 4) is 0 Å². The van der Waals surface area contributed by atoms with Crippen molar-refractivity contribution in [1.82, 2.24) is 4.90 Å². The van der Waals surface area contributed by atoms with Crippen LogP contribution in [0, 0.1) is 5.92 Å².